The van der Waals surface area contributed by atoms with Crippen LogP contribution >= 0.6 is 0 Å². The normalized spacial score (nSPS) is 11.9. The minimum absolute atomic E-state index is 0.0969. The summed E-state index contributed by atoms with van der Waals surface area (Å²) in [5.41, 5.74) is 6.09. The van der Waals surface area contributed by atoms with Crippen molar-refractivity contribution in [2.24, 2.45) is 0 Å². The van der Waals surface area contributed by atoms with E-state index in [2.05, 4.69) is 15.6 Å². The lowest BCUT2D eigenvalue weighted by Crippen LogP contribution is -2.47. The number of nitrogens with one attached hydrogen (secondary N) is 3. The lowest BCUT2D eigenvalue weighted by molar-refractivity contribution is -0.128. The first-order valence-electron chi connectivity index (χ1n) is 10.3. The zero-order valence-electron chi connectivity index (χ0n) is 18.8. The summed E-state index contributed by atoms with van der Waals surface area (Å²) in [5.74, 6) is -2.10. The second-order valence-electron chi connectivity index (χ2n) is 7.59. The van der Waals surface area contributed by atoms with Gasteiger partial charge in [-0.25, -0.2) is 12.8 Å². The zero-order chi connectivity index (χ0) is 24.9. The molecule has 34 heavy (non-hydrogen) atoms. The number of hydrogen-bond acceptors (Lipinski definition) is 5. The van der Waals surface area contributed by atoms with E-state index >= 15 is 0 Å². The molecule has 0 saturated carbocycles. The number of anilines is 1. The molecule has 8 nitrogen and oxygen atoms in total. The van der Waals surface area contributed by atoms with Crippen molar-refractivity contribution in [1.82, 2.24) is 10.9 Å². The molecule has 3 rings (SSSR count). The van der Waals surface area contributed by atoms with Gasteiger partial charge < -0.3 is 4.74 Å². The van der Waals surface area contributed by atoms with Gasteiger partial charge in [0.25, 0.3) is 21.8 Å². The maximum Gasteiger partial charge on any atom is 0.279 e. The van der Waals surface area contributed by atoms with Crippen LogP contribution in [0.5, 0.6) is 5.75 Å². The number of carbonyl (C=O) groups is 2. The maximum absolute atomic E-state index is 13.7. The standard InChI is InChI=1S/C24H24FN3O5S/c1-15-11-12-16(2)22(13-15)34(31,32)28-19-8-6-7-18(14-19)24(30)27-26-23(29)17(3)33-21-10-5-4-9-20(21)25/h4-14,17,28H,1-3H3,(H,26,29)(H,27,30). The summed E-state index contributed by atoms with van der Waals surface area (Å²) < 4.78 is 47.0. The monoisotopic (exact) mass is 485 g/mol. The third-order valence-corrected chi connectivity index (χ3v) is 6.34. The van der Waals surface area contributed by atoms with Crippen LogP contribution in [-0.2, 0) is 14.8 Å². The number of aryl methyl sites for hydroxylation is 2. The van der Waals surface area contributed by atoms with Gasteiger partial charge in [0.05, 0.1) is 4.90 Å². The van der Waals surface area contributed by atoms with E-state index in [1.165, 1.54) is 49.4 Å². The Hall–Kier alpha value is -3.92. The van der Waals surface area contributed by atoms with Gasteiger partial charge in [-0.15, -0.1) is 0 Å². The van der Waals surface area contributed by atoms with E-state index in [0.717, 1.165) is 5.56 Å². The molecule has 0 aliphatic heterocycles. The number of amides is 2. The second kappa shape index (κ2) is 10.3. The van der Waals surface area contributed by atoms with Crippen molar-refractivity contribution in [2.75, 3.05) is 4.72 Å². The Balaban J connectivity index is 1.64. The highest BCUT2D eigenvalue weighted by Gasteiger charge is 2.19. The first-order chi connectivity index (χ1) is 16.1. The third kappa shape index (κ3) is 6.10. The summed E-state index contributed by atoms with van der Waals surface area (Å²) >= 11 is 0. The summed E-state index contributed by atoms with van der Waals surface area (Å²) in [6.07, 6.45) is -1.09. The van der Waals surface area contributed by atoms with Crippen LogP contribution in [0.25, 0.3) is 0 Å². The van der Waals surface area contributed by atoms with E-state index in [0.29, 0.717) is 5.56 Å². The molecule has 0 fully saturated rings. The average molecular weight is 486 g/mol. The van der Waals surface area contributed by atoms with Crippen molar-refractivity contribution in [1.29, 1.82) is 0 Å². The van der Waals surface area contributed by atoms with Crippen molar-refractivity contribution in [2.45, 2.75) is 31.8 Å². The van der Waals surface area contributed by atoms with Crippen molar-refractivity contribution in [3.05, 3.63) is 89.2 Å². The van der Waals surface area contributed by atoms with Gasteiger partial charge in [0, 0.05) is 11.3 Å². The Labute approximate surface area is 197 Å². The topological polar surface area (TPSA) is 114 Å². The van der Waals surface area contributed by atoms with Gasteiger partial charge in [0.2, 0.25) is 0 Å². The molecule has 1 unspecified atom stereocenters. The average Bonchev–Trinajstić information content (AvgIpc) is 2.80. The number of rotatable bonds is 7. The maximum atomic E-state index is 13.7. The Kier molecular flexibility index (Phi) is 7.52. The predicted octanol–water partition coefficient (Wildman–Crippen LogP) is 3.47. The van der Waals surface area contributed by atoms with Crippen LogP contribution in [0.4, 0.5) is 10.1 Å². The number of hydrazine groups is 1. The highest BCUT2D eigenvalue weighted by molar-refractivity contribution is 7.92. The molecular formula is C24H24FN3O5S. The highest BCUT2D eigenvalue weighted by Crippen LogP contribution is 2.21. The van der Waals surface area contributed by atoms with E-state index in [9.17, 15) is 22.4 Å². The fourth-order valence-corrected chi connectivity index (χ4v) is 4.39. The van der Waals surface area contributed by atoms with Gasteiger partial charge in [-0.05, 0) is 68.3 Å². The molecule has 0 aromatic heterocycles. The summed E-state index contributed by atoms with van der Waals surface area (Å²) in [4.78, 5) is 24.8. The minimum atomic E-state index is -3.88. The van der Waals surface area contributed by atoms with E-state index in [4.69, 9.17) is 4.74 Å². The molecule has 0 aliphatic carbocycles. The number of halogens is 1. The van der Waals surface area contributed by atoms with Gasteiger partial charge in [-0.1, -0.05) is 30.3 Å². The molecular weight excluding hydrogens is 461 g/mol. The van der Waals surface area contributed by atoms with Crippen LogP contribution in [0.1, 0.15) is 28.4 Å². The molecule has 3 N–H and O–H groups in total. The molecule has 0 spiro atoms. The summed E-state index contributed by atoms with van der Waals surface area (Å²) in [7, 11) is -3.88. The van der Waals surface area contributed by atoms with Gasteiger partial charge in [-0.3, -0.25) is 25.2 Å². The molecule has 0 radical (unpaired) electrons. The van der Waals surface area contributed by atoms with Gasteiger partial charge in [0.15, 0.2) is 17.7 Å². The van der Waals surface area contributed by atoms with Crippen LogP contribution in [0.3, 0.4) is 0 Å². The SMILES string of the molecule is Cc1ccc(C)c(S(=O)(=O)Nc2cccc(C(=O)NNC(=O)C(C)Oc3ccccc3F)c2)c1. The molecule has 0 heterocycles. The number of ether oxygens (including phenoxy) is 1. The number of benzene rings is 3. The number of hydrogen-bond donors (Lipinski definition) is 3. The summed E-state index contributed by atoms with van der Waals surface area (Å²) in [6.45, 7) is 4.88. The molecule has 0 saturated heterocycles. The predicted molar refractivity (Wildman–Crippen MR) is 125 cm³/mol. The lowest BCUT2D eigenvalue weighted by atomic mass is 10.2. The van der Waals surface area contributed by atoms with E-state index in [1.54, 1.807) is 32.0 Å². The first kappa shape index (κ1) is 24.7. The molecule has 1 atom stereocenters. The van der Waals surface area contributed by atoms with E-state index in [1.807, 2.05) is 6.07 Å². The zero-order valence-corrected chi connectivity index (χ0v) is 19.6. The molecule has 0 aliphatic rings. The van der Waals surface area contributed by atoms with E-state index in [-0.39, 0.29) is 21.9 Å². The molecule has 2 amide bonds. The second-order valence-corrected chi connectivity index (χ2v) is 9.24. The molecule has 0 bridgehead atoms. The Morgan fingerprint density at radius 3 is 2.41 bits per heavy atom. The van der Waals surface area contributed by atoms with Crippen LogP contribution in [-0.4, -0.2) is 26.3 Å². The number of carbonyl (C=O) groups excluding carboxylic acids is 2. The van der Waals surface area contributed by atoms with Gasteiger partial charge in [0.1, 0.15) is 0 Å². The Morgan fingerprint density at radius 1 is 0.941 bits per heavy atom. The largest absolute Gasteiger partial charge is 0.478 e. The van der Waals surface area contributed by atoms with Crippen molar-refractivity contribution in [3.63, 3.8) is 0 Å². The van der Waals surface area contributed by atoms with Gasteiger partial charge >= 0.3 is 0 Å². The third-order valence-electron chi connectivity index (χ3n) is 4.82. The van der Waals surface area contributed by atoms with Crippen molar-refractivity contribution < 1.29 is 27.1 Å². The van der Waals surface area contributed by atoms with Crippen molar-refractivity contribution >= 4 is 27.5 Å². The summed E-state index contributed by atoms with van der Waals surface area (Å²) in [6, 6.07) is 16.5. The number of sulfonamides is 1. The lowest BCUT2D eigenvalue weighted by Gasteiger charge is -2.16. The van der Waals surface area contributed by atoms with Crippen LogP contribution in [0.15, 0.2) is 71.6 Å². The molecule has 10 heteroatoms. The minimum Gasteiger partial charge on any atom is -0.478 e. The summed E-state index contributed by atoms with van der Waals surface area (Å²) in [5, 5.41) is 0. The number of para-hydroxylation sites is 1. The van der Waals surface area contributed by atoms with Gasteiger partial charge in [-0.2, -0.15) is 0 Å². The van der Waals surface area contributed by atoms with Crippen LogP contribution in [0, 0.1) is 19.7 Å². The fraction of sp³-hybridized carbons (Fsp3) is 0.167. The van der Waals surface area contributed by atoms with E-state index < -0.39 is 33.8 Å². The highest BCUT2D eigenvalue weighted by atomic mass is 32.2. The van der Waals surface area contributed by atoms with Crippen LogP contribution in [0.2, 0.25) is 0 Å². The molecule has 3 aromatic rings. The van der Waals surface area contributed by atoms with Crippen molar-refractivity contribution in [3.8, 4) is 5.75 Å². The Morgan fingerprint density at radius 2 is 1.68 bits per heavy atom. The molecule has 3 aromatic carbocycles. The fourth-order valence-electron chi connectivity index (χ4n) is 3.01. The quantitative estimate of drug-likeness (QED) is 0.444. The smallest absolute Gasteiger partial charge is 0.279 e. The molecule has 178 valence electrons. The first-order valence-corrected chi connectivity index (χ1v) is 11.8. The van der Waals surface area contributed by atoms with Crippen LogP contribution < -0.4 is 20.3 Å². The Bertz CT molecular complexity index is 1330.